The second-order valence-corrected chi connectivity index (χ2v) is 11.3. The lowest BCUT2D eigenvalue weighted by atomic mass is 9.79. The highest BCUT2D eigenvalue weighted by Gasteiger charge is 2.58. The van der Waals surface area contributed by atoms with Crippen molar-refractivity contribution in [1.29, 1.82) is 0 Å². The minimum absolute atomic E-state index is 0.0125. The van der Waals surface area contributed by atoms with Crippen molar-refractivity contribution in [3.8, 4) is 5.75 Å². The minimum atomic E-state index is -1.34. The highest BCUT2D eigenvalue weighted by atomic mass is 16.6. The zero-order valence-electron chi connectivity index (χ0n) is 23.7. The fraction of sp³-hybridized carbons (Fsp3) is 0.364. The average molecular weight is 557 g/mol. The zero-order valence-corrected chi connectivity index (χ0v) is 23.7. The largest absolute Gasteiger partial charge is 0.494 e. The Balaban J connectivity index is 1.53. The molecule has 3 aromatic carbocycles. The molecular formula is C33H36N2O6. The Morgan fingerprint density at radius 3 is 2.44 bits per heavy atom. The van der Waals surface area contributed by atoms with Gasteiger partial charge in [0.1, 0.15) is 11.4 Å². The van der Waals surface area contributed by atoms with E-state index in [0.717, 1.165) is 16.8 Å². The third-order valence-electron chi connectivity index (χ3n) is 7.08. The summed E-state index contributed by atoms with van der Waals surface area (Å²) in [5.74, 6) is 0.395. The van der Waals surface area contributed by atoms with Crippen LogP contribution in [-0.4, -0.2) is 47.2 Å². The van der Waals surface area contributed by atoms with E-state index in [0.29, 0.717) is 36.8 Å². The van der Waals surface area contributed by atoms with Crippen LogP contribution in [0.25, 0.3) is 0 Å². The molecule has 2 heterocycles. The summed E-state index contributed by atoms with van der Waals surface area (Å²) < 4.78 is 17.7. The van der Waals surface area contributed by atoms with Crippen molar-refractivity contribution < 1.29 is 28.9 Å². The first-order valence-electron chi connectivity index (χ1n) is 14.0. The van der Waals surface area contributed by atoms with Gasteiger partial charge in [-0.05, 0) is 63.1 Å². The van der Waals surface area contributed by atoms with Crippen LogP contribution in [0.5, 0.6) is 5.75 Å². The van der Waals surface area contributed by atoms with Crippen molar-refractivity contribution in [2.75, 3.05) is 18.1 Å². The molecule has 5 rings (SSSR count). The number of esters is 1. The van der Waals surface area contributed by atoms with Gasteiger partial charge in [-0.25, -0.2) is 4.99 Å². The van der Waals surface area contributed by atoms with Gasteiger partial charge in [-0.15, -0.1) is 0 Å². The summed E-state index contributed by atoms with van der Waals surface area (Å²) in [5, 5.41) is 9.01. The number of amides is 1. The molecule has 2 atom stereocenters. The van der Waals surface area contributed by atoms with Gasteiger partial charge < -0.3 is 24.2 Å². The molecule has 8 heteroatoms. The van der Waals surface area contributed by atoms with E-state index in [1.54, 1.807) is 4.90 Å². The number of nitrogens with zero attached hydrogens (tertiary/aromatic N) is 2. The van der Waals surface area contributed by atoms with E-state index >= 15 is 0 Å². The molecule has 8 nitrogen and oxygen atoms in total. The Hall–Kier alpha value is -4.17. The molecule has 0 saturated carbocycles. The van der Waals surface area contributed by atoms with Crippen molar-refractivity contribution in [3.05, 3.63) is 95.6 Å². The van der Waals surface area contributed by atoms with E-state index in [2.05, 4.69) is 0 Å². The molecule has 214 valence electrons. The van der Waals surface area contributed by atoms with E-state index in [-0.39, 0.29) is 31.3 Å². The van der Waals surface area contributed by atoms with E-state index in [1.807, 2.05) is 99.6 Å². The number of aliphatic imine (C=N–C) groups is 1. The molecule has 1 amide bonds. The van der Waals surface area contributed by atoms with Gasteiger partial charge in [0.2, 0.25) is 5.90 Å². The van der Waals surface area contributed by atoms with Gasteiger partial charge in [0.15, 0.2) is 11.6 Å². The highest BCUT2D eigenvalue weighted by Crippen LogP contribution is 2.51. The van der Waals surface area contributed by atoms with Crippen molar-refractivity contribution in [3.63, 3.8) is 0 Å². The van der Waals surface area contributed by atoms with E-state index in [1.165, 1.54) is 0 Å². The number of anilines is 1. The molecule has 1 N–H and O–H groups in total. The molecule has 0 bridgehead atoms. The Bertz CT molecular complexity index is 1410. The molecule has 2 aliphatic heterocycles. The van der Waals surface area contributed by atoms with Crippen LogP contribution in [0.2, 0.25) is 0 Å². The number of carbonyl (C=O) groups is 2. The summed E-state index contributed by atoms with van der Waals surface area (Å²) in [4.78, 5) is 34.1. The molecular weight excluding hydrogens is 520 g/mol. The van der Waals surface area contributed by atoms with Crippen LogP contribution in [-0.2, 0) is 25.6 Å². The van der Waals surface area contributed by atoms with Crippen LogP contribution in [0.1, 0.15) is 62.8 Å². The topological polar surface area (TPSA) is 97.7 Å². The third kappa shape index (κ3) is 6.12. The third-order valence-corrected chi connectivity index (χ3v) is 7.08. The molecule has 0 aliphatic carbocycles. The summed E-state index contributed by atoms with van der Waals surface area (Å²) in [6.07, 6.45) is -0.00760. The van der Waals surface area contributed by atoms with Crippen LogP contribution in [0.4, 0.5) is 5.69 Å². The molecule has 3 aromatic rings. The van der Waals surface area contributed by atoms with Gasteiger partial charge in [-0.3, -0.25) is 9.59 Å². The number of ether oxygens (including phenoxy) is 3. The maximum atomic E-state index is 14.5. The fourth-order valence-corrected chi connectivity index (χ4v) is 5.24. The zero-order chi connectivity index (χ0) is 29.0. The smallest absolute Gasteiger partial charge is 0.306 e. The van der Waals surface area contributed by atoms with Gasteiger partial charge in [0, 0.05) is 30.6 Å². The summed E-state index contributed by atoms with van der Waals surface area (Å²) in [6.45, 7) is 6.30. The average Bonchev–Trinajstić information content (AvgIpc) is 3.36. The lowest BCUT2D eigenvalue weighted by molar-refractivity contribution is -0.155. The SMILES string of the molecule is CC(C)(C)OC(=O)CC[C@]12N=C(c3ccc(OCCCO)cc3)O[C@H]1c1ccccc1N(Cc1ccccc1)C2=O. The van der Waals surface area contributed by atoms with Gasteiger partial charge >= 0.3 is 5.97 Å². The highest BCUT2D eigenvalue weighted by molar-refractivity contribution is 6.09. The summed E-state index contributed by atoms with van der Waals surface area (Å²) in [6, 6.07) is 24.8. The first-order valence-corrected chi connectivity index (χ1v) is 14.0. The number of hydrogen-bond acceptors (Lipinski definition) is 7. The van der Waals surface area contributed by atoms with Crippen LogP contribution in [0.3, 0.4) is 0 Å². The molecule has 0 radical (unpaired) electrons. The number of hydrogen-bond donors (Lipinski definition) is 1. The van der Waals surface area contributed by atoms with E-state index in [9.17, 15) is 9.59 Å². The van der Waals surface area contributed by atoms with Crippen LogP contribution < -0.4 is 9.64 Å². The Morgan fingerprint density at radius 1 is 1.02 bits per heavy atom. The normalized spacial score (nSPS) is 19.6. The summed E-state index contributed by atoms with van der Waals surface area (Å²) in [7, 11) is 0. The van der Waals surface area contributed by atoms with Gasteiger partial charge in [0.25, 0.3) is 5.91 Å². The van der Waals surface area contributed by atoms with E-state index in [4.69, 9.17) is 24.3 Å². The van der Waals surface area contributed by atoms with Crippen LogP contribution >= 0.6 is 0 Å². The van der Waals surface area contributed by atoms with Crippen LogP contribution in [0, 0.1) is 0 Å². The number of aliphatic hydroxyl groups excluding tert-OH is 1. The monoisotopic (exact) mass is 556 g/mol. The first kappa shape index (κ1) is 28.4. The molecule has 0 unspecified atom stereocenters. The lowest BCUT2D eigenvalue weighted by Crippen LogP contribution is -2.54. The number of para-hydroxylation sites is 1. The van der Waals surface area contributed by atoms with Gasteiger partial charge in [-0.2, -0.15) is 0 Å². The van der Waals surface area contributed by atoms with E-state index < -0.39 is 17.2 Å². The van der Waals surface area contributed by atoms with Crippen molar-refractivity contribution in [2.45, 2.75) is 63.8 Å². The second kappa shape index (κ2) is 11.7. The molecule has 0 saturated heterocycles. The number of benzene rings is 3. The quantitative estimate of drug-likeness (QED) is 0.266. The fourth-order valence-electron chi connectivity index (χ4n) is 5.24. The molecule has 41 heavy (non-hydrogen) atoms. The lowest BCUT2D eigenvalue weighted by Gasteiger charge is -2.41. The minimum Gasteiger partial charge on any atom is -0.494 e. The molecule has 2 aliphatic rings. The Kier molecular flexibility index (Phi) is 8.13. The van der Waals surface area contributed by atoms with Crippen molar-refractivity contribution >= 4 is 23.5 Å². The standard InChI is InChI=1S/C33H36N2O6/c1-32(2,3)41-28(37)18-19-33-29(40-30(34-33)24-14-16-25(17-15-24)39-21-9-20-36)26-12-7-8-13-27(26)35(31(33)38)22-23-10-5-4-6-11-23/h4-8,10-17,29,36H,9,18-22H2,1-3H3/t29-,33-/m0/s1. The van der Waals surface area contributed by atoms with Gasteiger partial charge in [-0.1, -0.05) is 48.5 Å². The van der Waals surface area contributed by atoms with Crippen LogP contribution in [0.15, 0.2) is 83.9 Å². The number of aliphatic hydroxyl groups is 1. The van der Waals surface area contributed by atoms with Gasteiger partial charge in [0.05, 0.1) is 18.8 Å². The number of rotatable bonds is 10. The second-order valence-electron chi connectivity index (χ2n) is 11.3. The first-order chi connectivity index (χ1) is 19.7. The molecule has 0 fully saturated rings. The number of fused-ring (bicyclic) bond motifs is 3. The Labute approximate surface area is 240 Å². The molecule has 0 aromatic heterocycles. The maximum Gasteiger partial charge on any atom is 0.306 e. The summed E-state index contributed by atoms with van der Waals surface area (Å²) in [5.41, 5.74) is 1.31. The maximum absolute atomic E-state index is 14.5. The molecule has 0 spiro atoms. The predicted molar refractivity (Wildman–Crippen MR) is 156 cm³/mol. The Morgan fingerprint density at radius 2 is 1.73 bits per heavy atom. The number of carbonyl (C=O) groups excluding carboxylic acids is 2. The van der Waals surface area contributed by atoms with Crippen molar-refractivity contribution in [2.24, 2.45) is 4.99 Å². The van der Waals surface area contributed by atoms with Crippen molar-refractivity contribution in [1.82, 2.24) is 0 Å². The summed E-state index contributed by atoms with van der Waals surface area (Å²) >= 11 is 0. The predicted octanol–water partition coefficient (Wildman–Crippen LogP) is 5.37.